The van der Waals surface area contributed by atoms with Crippen LogP contribution in [-0.2, 0) is 68.2 Å². The fourth-order valence-electron chi connectivity index (χ4n) is 11.7. The number of fused-ring (bicyclic) bond motifs is 3. The molecule has 571 valence electrons. The van der Waals surface area contributed by atoms with Gasteiger partial charge in [-0.15, -0.1) is 46.4 Å². The molecule has 28 nitrogen and oxygen atoms in total. The van der Waals surface area contributed by atoms with Crippen LogP contribution in [0.25, 0.3) is 0 Å². The number of rotatable bonds is 20. The van der Waals surface area contributed by atoms with E-state index in [0.717, 1.165) is 30.7 Å². The van der Waals surface area contributed by atoms with Crippen molar-refractivity contribution < 1.29 is 113 Å². The van der Waals surface area contributed by atoms with Gasteiger partial charge in [0.25, 0.3) is 0 Å². The van der Waals surface area contributed by atoms with Gasteiger partial charge in [0.2, 0.25) is 30.1 Å². The Balaban J connectivity index is 0.000000329. The summed E-state index contributed by atoms with van der Waals surface area (Å²) in [5.41, 5.74) is 3.28. The molecule has 0 saturated carbocycles. The minimum absolute atomic E-state index is 0. The smallest absolute Gasteiger partial charge is 1.00 e. The van der Waals surface area contributed by atoms with E-state index in [1.165, 1.54) is 91.7 Å². The van der Waals surface area contributed by atoms with Crippen molar-refractivity contribution in [1.82, 2.24) is 49.1 Å². The van der Waals surface area contributed by atoms with Crippen molar-refractivity contribution in [2.75, 3.05) is 80.3 Å². The van der Waals surface area contributed by atoms with Gasteiger partial charge < -0.3 is 45.5 Å². The minimum atomic E-state index is -4.02. The normalized spacial score (nSPS) is 19.2. The quantitative estimate of drug-likeness (QED) is 0.0399. The number of nitrogens with one attached hydrogen (secondary N) is 4. The van der Waals surface area contributed by atoms with Crippen molar-refractivity contribution >= 4 is 161 Å². The molecule has 0 bridgehead atoms. The van der Waals surface area contributed by atoms with E-state index in [1.54, 1.807) is 49.4 Å². The first-order chi connectivity index (χ1) is 49.0. The number of thiazole rings is 3. The first-order valence-corrected chi connectivity index (χ1v) is 39.1. The molecule has 5 N–H and O–H groups in total. The fourth-order valence-corrected chi connectivity index (χ4v) is 17.4. The first kappa shape index (κ1) is 91.1. The third-order valence-corrected chi connectivity index (χ3v) is 22.9. The van der Waals surface area contributed by atoms with Gasteiger partial charge in [0.15, 0.2) is 38.3 Å². The molecule has 12 rings (SSSR count). The summed E-state index contributed by atoms with van der Waals surface area (Å²) in [5.74, 6) is -4.44. The molecule has 3 radical (unpaired) electrons. The monoisotopic (exact) mass is 1680 g/mol. The van der Waals surface area contributed by atoms with Gasteiger partial charge in [-0.3, -0.25) is 19.8 Å². The topological polar surface area (TPSA) is 361 Å². The third kappa shape index (κ3) is 21.7. The summed E-state index contributed by atoms with van der Waals surface area (Å²) < 4.78 is 142. The maximum atomic E-state index is 13.7. The first-order valence-electron chi connectivity index (χ1n) is 30.5. The molecule has 107 heavy (non-hydrogen) atoms. The Bertz CT molecular complexity index is 4790. The maximum absolute atomic E-state index is 13.7. The second-order valence-electron chi connectivity index (χ2n) is 22.6. The number of esters is 4. The van der Waals surface area contributed by atoms with E-state index in [0.29, 0.717) is 66.3 Å². The largest absolute Gasteiger partial charge is 1.00 e. The second-order valence-corrected chi connectivity index (χ2v) is 31.8. The van der Waals surface area contributed by atoms with Crippen molar-refractivity contribution in [1.29, 1.82) is 0 Å². The number of aliphatic hydroxyl groups is 1. The Morgan fingerprint density at radius 1 is 0.579 bits per heavy atom. The summed E-state index contributed by atoms with van der Waals surface area (Å²) in [6.45, 7) is 3.35. The average molecular weight is 1690 g/mol. The minimum Gasteiger partial charge on any atom is -1.00 e. The van der Waals surface area contributed by atoms with Crippen molar-refractivity contribution in [3.8, 4) is 0 Å². The van der Waals surface area contributed by atoms with Crippen LogP contribution in [0.1, 0.15) is 78.0 Å². The Labute approximate surface area is 674 Å². The van der Waals surface area contributed by atoms with Gasteiger partial charge in [-0.25, -0.2) is 81.9 Å². The predicted octanol–water partition coefficient (Wildman–Crippen LogP) is 4.51. The van der Waals surface area contributed by atoms with Gasteiger partial charge in [-0.1, -0.05) is 67.0 Å². The summed E-state index contributed by atoms with van der Waals surface area (Å²) in [7, 11) is -2.91. The van der Waals surface area contributed by atoms with Crippen molar-refractivity contribution in [3.05, 3.63) is 199 Å². The molecular weight excluding hydrogens is 1620 g/mol. The maximum Gasteiger partial charge on any atom is 1.00 e. The van der Waals surface area contributed by atoms with E-state index in [1.807, 2.05) is 14.1 Å². The molecule has 3 aromatic heterocycles. The summed E-state index contributed by atoms with van der Waals surface area (Å²) in [6, 6.07) is 6.94. The van der Waals surface area contributed by atoms with Crippen LogP contribution < -0.4 is 49.0 Å². The molecule has 0 amide bonds. The zero-order valence-corrected chi connectivity index (χ0v) is 67.1. The van der Waals surface area contributed by atoms with Crippen LogP contribution in [0.15, 0.2) is 150 Å². The molecule has 3 aromatic carbocycles. The molecule has 6 aliphatic rings. The molecule has 9 heterocycles. The van der Waals surface area contributed by atoms with Gasteiger partial charge in [0, 0.05) is 154 Å². The van der Waals surface area contributed by atoms with E-state index < -0.39 is 126 Å². The van der Waals surface area contributed by atoms with Gasteiger partial charge in [-0.2, -0.15) is 0 Å². The van der Waals surface area contributed by atoms with E-state index in [4.69, 9.17) is 69.1 Å². The summed E-state index contributed by atoms with van der Waals surface area (Å²) in [6.07, 6.45) is 5.31. The molecule has 6 aromatic rings. The van der Waals surface area contributed by atoms with E-state index in [9.17, 15) is 57.6 Å². The van der Waals surface area contributed by atoms with Crippen LogP contribution in [0.4, 0.5) is 13.2 Å². The number of halogens is 7. The van der Waals surface area contributed by atoms with Crippen molar-refractivity contribution in [2.45, 2.75) is 62.9 Å². The van der Waals surface area contributed by atoms with Crippen LogP contribution in [0.5, 0.6) is 0 Å². The number of ether oxygens (including phenoxy) is 4. The van der Waals surface area contributed by atoms with Crippen molar-refractivity contribution in [3.63, 3.8) is 0 Å². The zero-order chi connectivity index (χ0) is 74.8. The molecule has 0 aliphatic carbocycles. The molecule has 0 unspecified atom stereocenters. The number of sulfonamides is 3. The van der Waals surface area contributed by atoms with E-state index in [2.05, 4.69) is 45.8 Å². The Hall–Kier alpha value is -6.54. The predicted molar refractivity (Wildman–Crippen MR) is 402 cm³/mol. The van der Waals surface area contributed by atoms with Crippen LogP contribution in [0.3, 0.4) is 0 Å². The van der Waals surface area contributed by atoms with Gasteiger partial charge in [0.1, 0.15) is 35.6 Å². The Morgan fingerprint density at radius 2 is 0.888 bits per heavy atom. The number of aliphatic imine (C=N–C) groups is 3. The van der Waals surface area contributed by atoms with Crippen LogP contribution >= 0.6 is 81.2 Å². The number of benzene rings is 3. The molecule has 6 atom stereocenters. The van der Waals surface area contributed by atoms with E-state index >= 15 is 0 Å². The van der Waals surface area contributed by atoms with Crippen LogP contribution in [0, 0.1) is 17.5 Å². The summed E-state index contributed by atoms with van der Waals surface area (Å²) >= 11 is 22.9. The zero-order valence-electron chi connectivity index (χ0n) is 58.2. The fraction of sp³-hybridized carbons (Fsp3) is 0.344. The summed E-state index contributed by atoms with van der Waals surface area (Å²) in [4.78, 5) is 82.6. The molecule has 6 aliphatic heterocycles. The Morgan fingerprint density at radius 3 is 1.15 bits per heavy atom. The molecule has 43 heteroatoms. The molecular formula is C64H71BCl4F3N13NaO15S6. The molecule has 3 fully saturated rings. The van der Waals surface area contributed by atoms with Gasteiger partial charge in [0.05, 0.1) is 57.5 Å². The number of aromatic nitrogens is 3. The van der Waals surface area contributed by atoms with Gasteiger partial charge >= 0.3 is 53.4 Å². The second kappa shape index (κ2) is 39.9. The van der Waals surface area contributed by atoms with Crippen LogP contribution in [-0.4, -0.2) is 208 Å². The third-order valence-electron chi connectivity index (χ3n) is 15.8. The summed E-state index contributed by atoms with van der Waals surface area (Å²) in [5, 5.41) is 19.9. The number of carbonyl (C=O) groups is 4. The SMILES string of the molecule is C.C=CS(=O)(=O)N[C@H]1CC2=C(C(=O)OC)[C@H](c3ccc(F)cc3Cl)N=C(c3nccs3)N2C1.CNC.COC(=O)C1=C2C[C@H](NS(=O)(=O)CCO)CN2C(c2nccs2)=N[C@H]1c1ccc(F)cc1Cl.COC(=O)CS(=O)(=O)N[C@H]1CC2=C(C(=O)OC)[C@H](c3ccc(F)cc3Cl)N=C(c3nccs3)N2C1.Cl.[B].[H-].[Na+]. The molecule has 0 spiro atoms. The average Bonchev–Trinajstić information content (AvgIpc) is 1.55. The number of hydrogen-bond acceptors (Lipinski definition) is 28. The number of aliphatic hydroxyl groups excluding tert-OH is 1. The number of methoxy groups -OCH3 is 4. The number of carbonyl (C=O) groups excluding carboxylic acids is 4. The number of nitrogens with zero attached hydrogens (tertiary/aromatic N) is 9. The number of hydrogen-bond donors (Lipinski definition) is 5. The van der Waals surface area contributed by atoms with Crippen molar-refractivity contribution in [2.24, 2.45) is 15.0 Å². The number of amidine groups is 3. The molecule has 3 saturated heterocycles. The van der Waals surface area contributed by atoms with Crippen LogP contribution in [0.2, 0.25) is 15.1 Å². The standard InChI is InChI=1S/C21H20ClFN4O6S2.C20H20ClFN4O5S2.C20H18ClFN4O4S2.C2H7N.CH4.B.ClH.Na.H/c1-32-16(28)10-35(30,31)26-12-8-15-17(21(29)33-2)18(13-4-3-11(23)7-14(13)22)25-19(27(15)9-12)20-24-5-6-34-20;1-31-20(28)16-15-9-12(25-33(29,30)7-5-27)10-26(15)18(19-23-4-6-32-19)24-17(16)13-3-2-11(22)8-14(13)21;1-3-32(28,29)25-12-9-15-16(20(27)30-2)17(13-5-4-11(22)8-14(13)21)24-18(26(15)10-12)19-23-6-7-31-19;1-3-2;;;;;/h3-7,12,18,26H,8-10H2,1-2H3;2-4,6,8,12,17,25,27H,5,7,9-10H2,1H3;3-8,12,17,25H,1,9-10H2,2H3;3H,1-2H3;1H4;;1H;;/q;;;;;;;+1;-1/t12-,18-;2*12-,17-;;;;;;/m000....../s1. The van der Waals surface area contributed by atoms with Gasteiger partial charge in [-0.05, 0) is 50.5 Å². The van der Waals surface area contributed by atoms with E-state index in [-0.39, 0.29) is 130 Å². The Kier molecular flexibility index (Phi) is 34.0.